The zero-order chi connectivity index (χ0) is 14.8. The maximum Gasteiger partial charge on any atom is 0.317 e. The van der Waals surface area contributed by atoms with E-state index in [1.54, 1.807) is 4.90 Å². The van der Waals surface area contributed by atoms with Gasteiger partial charge in [-0.3, -0.25) is 4.79 Å². The largest absolute Gasteiger partial charge is 0.481 e. The molecule has 2 amide bonds. The monoisotopic (exact) mass is 282 g/mol. The second kappa shape index (κ2) is 6.02. The SMILES string of the molecule is CCC1(C(=O)O)CCN(C(=O)NC2CCC(C)C2)CC1. The summed E-state index contributed by atoms with van der Waals surface area (Å²) in [6, 6.07) is 0.286. The summed E-state index contributed by atoms with van der Waals surface area (Å²) in [5.41, 5.74) is -0.626. The van der Waals surface area contributed by atoms with E-state index in [-0.39, 0.29) is 6.03 Å². The Kier molecular flexibility index (Phi) is 4.55. The van der Waals surface area contributed by atoms with Gasteiger partial charge in [0.15, 0.2) is 0 Å². The van der Waals surface area contributed by atoms with Crippen LogP contribution < -0.4 is 5.32 Å². The van der Waals surface area contributed by atoms with E-state index in [1.807, 2.05) is 6.92 Å². The lowest BCUT2D eigenvalue weighted by Gasteiger charge is -2.38. The first-order valence-corrected chi connectivity index (χ1v) is 7.75. The van der Waals surface area contributed by atoms with Crippen LogP contribution in [0.15, 0.2) is 0 Å². The van der Waals surface area contributed by atoms with Crippen molar-refractivity contribution in [3.05, 3.63) is 0 Å². The molecule has 1 aliphatic heterocycles. The maximum absolute atomic E-state index is 12.2. The number of nitrogens with zero attached hydrogens (tertiary/aromatic N) is 1. The molecular formula is C15H26N2O3. The minimum Gasteiger partial charge on any atom is -0.481 e. The fourth-order valence-electron chi connectivity index (χ4n) is 3.46. The van der Waals surface area contributed by atoms with E-state index in [2.05, 4.69) is 12.2 Å². The van der Waals surface area contributed by atoms with Gasteiger partial charge in [0, 0.05) is 19.1 Å². The Labute approximate surface area is 120 Å². The molecular weight excluding hydrogens is 256 g/mol. The minimum atomic E-state index is -0.718. The van der Waals surface area contributed by atoms with Gasteiger partial charge in [0.1, 0.15) is 0 Å². The highest BCUT2D eigenvalue weighted by atomic mass is 16.4. The van der Waals surface area contributed by atoms with Crippen molar-refractivity contribution in [2.24, 2.45) is 11.3 Å². The van der Waals surface area contributed by atoms with Gasteiger partial charge in [-0.1, -0.05) is 13.8 Å². The lowest BCUT2D eigenvalue weighted by atomic mass is 9.76. The van der Waals surface area contributed by atoms with Crippen LogP contribution in [0, 0.1) is 11.3 Å². The summed E-state index contributed by atoms with van der Waals surface area (Å²) in [5, 5.41) is 12.4. The molecule has 2 aliphatic rings. The summed E-state index contributed by atoms with van der Waals surface area (Å²) in [5.74, 6) is -0.0221. The molecule has 0 radical (unpaired) electrons. The van der Waals surface area contributed by atoms with Gasteiger partial charge in [0.25, 0.3) is 0 Å². The number of carboxylic acid groups (broad SMARTS) is 1. The Bertz CT molecular complexity index is 375. The molecule has 1 saturated carbocycles. The Hall–Kier alpha value is -1.26. The molecule has 5 nitrogen and oxygen atoms in total. The van der Waals surface area contributed by atoms with Gasteiger partial charge >= 0.3 is 12.0 Å². The van der Waals surface area contributed by atoms with E-state index >= 15 is 0 Å². The molecule has 2 N–H and O–H groups in total. The van der Waals surface area contributed by atoms with Gasteiger partial charge in [0.2, 0.25) is 0 Å². The normalized spacial score (nSPS) is 29.2. The number of carbonyl (C=O) groups excluding carboxylic acids is 1. The summed E-state index contributed by atoms with van der Waals surface area (Å²) in [6.45, 7) is 5.24. The minimum absolute atomic E-state index is 0.0146. The zero-order valence-corrected chi connectivity index (χ0v) is 12.5. The number of nitrogens with one attached hydrogen (secondary N) is 1. The van der Waals surface area contributed by atoms with E-state index in [9.17, 15) is 14.7 Å². The summed E-state index contributed by atoms with van der Waals surface area (Å²) in [4.78, 5) is 25.4. The molecule has 5 heteroatoms. The van der Waals surface area contributed by atoms with Crippen molar-refractivity contribution in [2.45, 2.75) is 58.4 Å². The van der Waals surface area contributed by atoms with Crippen LogP contribution in [0.1, 0.15) is 52.4 Å². The van der Waals surface area contributed by atoms with E-state index < -0.39 is 11.4 Å². The summed E-state index contributed by atoms with van der Waals surface area (Å²) < 4.78 is 0. The third-order valence-corrected chi connectivity index (χ3v) is 5.16. The molecule has 0 bridgehead atoms. The Balaban J connectivity index is 1.84. The van der Waals surface area contributed by atoms with Crippen molar-refractivity contribution in [3.8, 4) is 0 Å². The van der Waals surface area contributed by atoms with E-state index in [0.717, 1.165) is 12.8 Å². The molecule has 1 heterocycles. The molecule has 1 aliphatic carbocycles. The standard InChI is InChI=1S/C15H26N2O3/c1-3-15(13(18)19)6-8-17(9-7-15)14(20)16-12-5-4-11(2)10-12/h11-12H,3-10H2,1-2H3,(H,16,20)(H,18,19). The average molecular weight is 282 g/mol. The van der Waals surface area contributed by atoms with Crippen LogP contribution in [0.5, 0.6) is 0 Å². The smallest absolute Gasteiger partial charge is 0.317 e. The highest BCUT2D eigenvalue weighted by Crippen LogP contribution is 2.35. The first kappa shape index (κ1) is 15.1. The number of piperidine rings is 1. The molecule has 1 saturated heterocycles. The molecule has 0 aromatic heterocycles. The second-order valence-electron chi connectivity index (χ2n) is 6.49. The quantitative estimate of drug-likeness (QED) is 0.835. The van der Waals surface area contributed by atoms with Gasteiger partial charge in [-0.2, -0.15) is 0 Å². The molecule has 20 heavy (non-hydrogen) atoms. The lowest BCUT2D eigenvalue weighted by Crippen LogP contribution is -2.51. The molecule has 2 fully saturated rings. The number of aliphatic carboxylic acids is 1. The van der Waals surface area contributed by atoms with Crippen molar-refractivity contribution in [2.75, 3.05) is 13.1 Å². The topological polar surface area (TPSA) is 69.6 Å². The van der Waals surface area contributed by atoms with Crippen LogP contribution in [0.25, 0.3) is 0 Å². The number of urea groups is 1. The van der Waals surface area contributed by atoms with Gasteiger partial charge in [-0.25, -0.2) is 4.79 Å². The van der Waals surface area contributed by atoms with Gasteiger partial charge < -0.3 is 15.3 Å². The average Bonchev–Trinajstić information content (AvgIpc) is 2.84. The summed E-state index contributed by atoms with van der Waals surface area (Å²) in [7, 11) is 0. The number of amides is 2. The Morgan fingerprint density at radius 1 is 1.30 bits per heavy atom. The van der Waals surface area contributed by atoms with E-state index in [4.69, 9.17) is 0 Å². The number of hydrogen-bond donors (Lipinski definition) is 2. The fraction of sp³-hybridized carbons (Fsp3) is 0.867. The number of carboxylic acids is 1. The summed E-state index contributed by atoms with van der Waals surface area (Å²) in [6.07, 6.45) is 5.07. The lowest BCUT2D eigenvalue weighted by molar-refractivity contribution is -0.151. The molecule has 2 rings (SSSR count). The third-order valence-electron chi connectivity index (χ3n) is 5.16. The highest BCUT2D eigenvalue weighted by Gasteiger charge is 2.41. The number of rotatable bonds is 3. The van der Waals surface area contributed by atoms with Crippen molar-refractivity contribution in [1.29, 1.82) is 0 Å². The first-order chi connectivity index (χ1) is 9.47. The Morgan fingerprint density at radius 3 is 2.40 bits per heavy atom. The van der Waals surface area contributed by atoms with Crippen LogP contribution in [-0.4, -0.2) is 41.1 Å². The van der Waals surface area contributed by atoms with Crippen LogP contribution in [-0.2, 0) is 4.79 Å². The van der Waals surface area contributed by atoms with Crippen LogP contribution in [0.2, 0.25) is 0 Å². The first-order valence-electron chi connectivity index (χ1n) is 7.75. The number of hydrogen-bond acceptors (Lipinski definition) is 2. The molecule has 114 valence electrons. The van der Waals surface area contributed by atoms with Crippen molar-refractivity contribution < 1.29 is 14.7 Å². The molecule has 0 aromatic rings. The molecule has 0 aromatic carbocycles. The van der Waals surface area contributed by atoms with Crippen molar-refractivity contribution >= 4 is 12.0 Å². The van der Waals surface area contributed by atoms with E-state index in [0.29, 0.717) is 44.3 Å². The summed E-state index contributed by atoms with van der Waals surface area (Å²) >= 11 is 0. The predicted octanol–water partition coefficient (Wildman–Crippen LogP) is 2.46. The van der Waals surface area contributed by atoms with Crippen molar-refractivity contribution in [1.82, 2.24) is 10.2 Å². The van der Waals surface area contributed by atoms with Crippen molar-refractivity contribution in [3.63, 3.8) is 0 Å². The van der Waals surface area contributed by atoms with Gasteiger partial charge in [-0.15, -0.1) is 0 Å². The fourth-order valence-corrected chi connectivity index (χ4v) is 3.46. The molecule has 0 spiro atoms. The predicted molar refractivity (Wildman–Crippen MR) is 76.5 cm³/mol. The Morgan fingerprint density at radius 2 is 1.95 bits per heavy atom. The number of likely N-dealkylation sites (tertiary alicyclic amines) is 1. The van der Waals surface area contributed by atoms with Crippen LogP contribution in [0.3, 0.4) is 0 Å². The second-order valence-corrected chi connectivity index (χ2v) is 6.49. The third kappa shape index (κ3) is 3.07. The zero-order valence-electron chi connectivity index (χ0n) is 12.5. The van der Waals surface area contributed by atoms with E-state index in [1.165, 1.54) is 6.42 Å². The molecule has 2 unspecified atom stereocenters. The van der Waals surface area contributed by atoms with Crippen LogP contribution >= 0.6 is 0 Å². The number of carbonyl (C=O) groups is 2. The van der Waals surface area contributed by atoms with Gasteiger partial charge in [-0.05, 0) is 44.4 Å². The van der Waals surface area contributed by atoms with Crippen LogP contribution in [0.4, 0.5) is 4.79 Å². The molecule has 2 atom stereocenters. The van der Waals surface area contributed by atoms with Gasteiger partial charge in [0.05, 0.1) is 5.41 Å². The maximum atomic E-state index is 12.2. The highest BCUT2D eigenvalue weighted by molar-refractivity contribution is 5.77.